The van der Waals surface area contributed by atoms with Crippen molar-refractivity contribution in [3.05, 3.63) is 48.2 Å². The van der Waals surface area contributed by atoms with E-state index in [0.717, 1.165) is 49.8 Å². The summed E-state index contributed by atoms with van der Waals surface area (Å²) in [6.45, 7) is 13.6. The standard InChI is InChI=1S/C21H31N2O3P/c1-18-10-11-20(26-18)27(21(2,3)4,22-19-8-6-5-7-9-19)25-17-14-23-12-15-24-16-13-23/h5-11H,12-17H2,1-4H3. The van der Waals surface area contributed by atoms with Gasteiger partial charge >= 0.3 is 0 Å². The SMILES string of the molecule is Cc1ccc(P(=Nc2ccccc2)(OCCN2CCOCC2)C(C)(C)C)o1. The average Bonchev–Trinajstić information content (AvgIpc) is 3.08. The van der Waals surface area contributed by atoms with Gasteiger partial charge in [0.15, 0.2) is 12.8 Å². The molecule has 27 heavy (non-hydrogen) atoms. The number of hydrogen-bond acceptors (Lipinski definition) is 5. The van der Waals surface area contributed by atoms with Crippen molar-refractivity contribution in [2.45, 2.75) is 32.9 Å². The predicted molar refractivity (Wildman–Crippen MR) is 111 cm³/mol. The average molecular weight is 390 g/mol. The number of rotatable bonds is 6. The van der Waals surface area contributed by atoms with Crippen LogP contribution in [0.3, 0.4) is 0 Å². The van der Waals surface area contributed by atoms with Gasteiger partial charge < -0.3 is 13.7 Å². The molecule has 0 saturated carbocycles. The summed E-state index contributed by atoms with van der Waals surface area (Å²) in [5, 5.41) is -0.182. The van der Waals surface area contributed by atoms with Gasteiger partial charge in [0, 0.05) is 24.8 Å². The van der Waals surface area contributed by atoms with Crippen LogP contribution in [-0.2, 0) is 9.26 Å². The van der Waals surface area contributed by atoms with E-state index >= 15 is 0 Å². The summed E-state index contributed by atoms with van der Waals surface area (Å²) in [5.41, 5.74) is 1.79. The molecule has 0 spiro atoms. The minimum absolute atomic E-state index is 0.182. The van der Waals surface area contributed by atoms with Crippen molar-refractivity contribution in [1.82, 2.24) is 4.90 Å². The third-order valence-corrected chi connectivity index (χ3v) is 8.46. The summed E-state index contributed by atoms with van der Waals surface area (Å²) >= 11 is 0. The van der Waals surface area contributed by atoms with E-state index in [1.807, 2.05) is 49.4 Å². The lowest BCUT2D eigenvalue weighted by molar-refractivity contribution is 0.0327. The Morgan fingerprint density at radius 1 is 1.07 bits per heavy atom. The summed E-state index contributed by atoms with van der Waals surface area (Å²) in [6.07, 6.45) is 0. The van der Waals surface area contributed by atoms with Crippen molar-refractivity contribution in [2.24, 2.45) is 4.74 Å². The van der Waals surface area contributed by atoms with Crippen LogP contribution >= 0.6 is 7.28 Å². The highest BCUT2D eigenvalue weighted by atomic mass is 31.2. The van der Waals surface area contributed by atoms with Gasteiger partial charge in [-0.15, -0.1) is 0 Å². The first-order valence-electron chi connectivity index (χ1n) is 9.60. The molecule has 0 radical (unpaired) electrons. The Morgan fingerprint density at radius 2 is 1.78 bits per heavy atom. The van der Waals surface area contributed by atoms with Gasteiger partial charge in [0.05, 0.1) is 25.5 Å². The zero-order valence-corrected chi connectivity index (χ0v) is 17.7. The van der Waals surface area contributed by atoms with Crippen molar-refractivity contribution < 1.29 is 13.7 Å². The van der Waals surface area contributed by atoms with Gasteiger partial charge in [0.25, 0.3) is 0 Å². The van der Waals surface area contributed by atoms with E-state index in [0.29, 0.717) is 6.61 Å². The molecule has 2 heterocycles. The van der Waals surface area contributed by atoms with Crippen molar-refractivity contribution in [2.75, 3.05) is 39.5 Å². The van der Waals surface area contributed by atoms with Gasteiger partial charge in [-0.25, -0.2) is 4.74 Å². The van der Waals surface area contributed by atoms with E-state index in [-0.39, 0.29) is 5.16 Å². The zero-order chi connectivity index (χ0) is 19.3. The molecule has 1 aliphatic heterocycles. The Bertz CT molecular complexity index is 774. The van der Waals surface area contributed by atoms with Gasteiger partial charge in [-0.2, -0.15) is 0 Å². The van der Waals surface area contributed by atoms with Crippen molar-refractivity contribution >= 4 is 18.5 Å². The number of furan rings is 1. The fraction of sp³-hybridized carbons (Fsp3) is 0.524. The van der Waals surface area contributed by atoms with E-state index in [1.165, 1.54) is 0 Å². The maximum absolute atomic E-state index is 6.67. The Labute approximate surface area is 162 Å². The van der Waals surface area contributed by atoms with E-state index in [4.69, 9.17) is 18.4 Å². The highest BCUT2D eigenvalue weighted by Crippen LogP contribution is 2.62. The minimum Gasteiger partial charge on any atom is -0.458 e. The van der Waals surface area contributed by atoms with Crippen LogP contribution in [0.15, 0.2) is 51.6 Å². The third kappa shape index (κ3) is 4.91. The van der Waals surface area contributed by atoms with Gasteiger partial charge in [0.2, 0.25) is 0 Å². The van der Waals surface area contributed by atoms with Crippen LogP contribution in [-0.4, -0.2) is 49.5 Å². The first-order valence-corrected chi connectivity index (χ1v) is 11.3. The lowest BCUT2D eigenvalue weighted by Crippen LogP contribution is -2.38. The molecule has 1 aromatic heterocycles. The van der Waals surface area contributed by atoms with Crippen molar-refractivity contribution in [3.63, 3.8) is 0 Å². The minimum atomic E-state index is -2.40. The molecule has 148 valence electrons. The molecule has 0 amide bonds. The predicted octanol–water partition coefficient (Wildman–Crippen LogP) is 4.81. The van der Waals surface area contributed by atoms with Crippen molar-refractivity contribution in [3.8, 4) is 0 Å². The van der Waals surface area contributed by atoms with Crippen LogP contribution < -0.4 is 5.50 Å². The van der Waals surface area contributed by atoms with Crippen molar-refractivity contribution in [1.29, 1.82) is 0 Å². The van der Waals surface area contributed by atoms with Gasteiger partial charge in [-0.3, -0.25) is 4.90 Å². The van der Waals surface area contributed by atoms with E-state index in [9.17, 15) is 0 Å². The smallest absolute Gasteiger partial charge is 0.169 e. The Balaban J connectivity index is 1.94. The first-order chi connectivity index (χ1) is 12.9. The highest BCUT2D eigenvalue weighted by Gasteiger charge is 2.40. The Kier molecular flexibility index (Phi) is 6.59. The second-order valence-electron chi connectivity index (χ2n) is 7.85. The molecule has 6 heteroatoms. The second kappa shape index (κ2) is 8.74. The fourth-order valence-electron chi connectivity index (χ4n) is 3.18. The van der Waals surface area contributed by atoms with E-state index in [1.54, 1.807) is 0 Å². The molecule has 1 unspecified atom stereocenters. The monoisotopic (exact) mass is 390 g/mol. The molecule has 1 aromatic carbocycles. The van der Waals surface area contributed by atoms with Gasteiger partial charge in [-0.05, 0) is 31.2 Å². The molecule has 5 nitrogen and oxygen atoms in total. The normalized spacial score (nSPS) is 18.2. The number of hydrogen-bond donors (Lipinski definition) is 0. The van der Waals surface area contributed by atoms with Crippen LogP contribution in [0.25, 0.3) is 0 Å². The van der Waals surface area contributed by atoms with Crippen LogP contribution in [0.1, 0.15) is 26.5 Å². The van der Waals surface area contributed by atoms with Crippen LogP contribution in [0.2, 0.25) is 0 Å². The fourth-order valence-corrected chi connectivity index (χ4v) is 6.17. The summed E-state index contributed by atoms with van der Waals surface area (Å²) in [4.78, 5) is 2.39. The summed E-state index contributed by atoms with van der Waals surface area (Å²) in [7, 11) is -2.40. The number of aryl methyl sites for hydroxylation is 1. The molecule has 1 saturated heterocycles. The van der Waals surface area contributed by atoms with Crippen LogP contribution in [0.5, 0.6) is 0 Å². The van der Waals surface area contributed by atoms with Crippen LogP contribution in [0, 0.1) is 6.92 Å². The Hall–Kier alpha value is -1.39. The third-order valence-electron chi connectivity index (χ3n) is 4.74. The summed E-state index contributed by atoms with van der Waals surface area (Å²) in [5.74, 6) is 0.888. The first kappa shape index (κ1) is 20.3. The van der Waals surface area contributed by atoms with E-state index in [2.05, 4.69) is 25.7 Å². The summed E-state index contributed by atoms with van der Waals surface area (Å²) < 4.78 is 23.4. The molecule has 0 bridgehead atoms. The molecule has 0 N–H and O–H groups in total. The molecular weight excluding hydrogens is 359 g/mol. The van der Waals surface area contributed by atoms with Crippen LogP contribution in [0.4, 0.5) is 5.69 Å². The maximum Gasteiger partial charge on any atom is 0.169 e. The lowest BCUT2D eigenvalue weighted by Gasteiger charge is -2.36. The number of nitrogens with zero attached hydrogens (tertiary/aromatic N) is 2. The van der Waals surface area contributed by atoms with Gasteiger partial charge in [-0.1, -0.05) is 39.0 Å². The molecule has 1 aliphatic rings. The molecule has 3 rings (SSSR count). The topological polar surface area (TPSA) is 47.2 Å². The number of ether oxygens (including phenoxy) is 1. The molecule has 1 atom stereocenters. The van der Waals surface area contributed by atoms with Gasteiger partial charge in [0.1, 0.15) is 5.76 Å². The molecule has 0 aliphatic carbocycles. The molecule has 1 fully saturated rings. The number of benzene rings is 1. The van der Waals surface area contributed by atoms with E-state index < -0.39 is 7.28 Å². The molecule has 2 aromatic rings. The lowest BCUT2D eigenvalue weighted by atomic mass is 10.3. The second-order valence-corrected chi connectivity index (χ2v) is 11.2. The zero-order valence-electron chi connectivity index (χ0n) is 16.9. The largest absolute Gasteiger partial charge is 0.458 e. The quantitative estimate of drug-likeness (QED) is 0.664. The number of morpholine rings is 1. The maximum atomic E-state index is 6.67. The summed E-state index contributed by atoms with van der Waals surface area (Å²) in [6, 6.07) is 14.1. The highest BCUT2D eigenvalue weighted by molar-refractivity contribution is 7.70. The Morgan fingerprint density at radius 3 is 2.37 bits per heavy atom. The molecular formula is C21H31N2O3P.